The molecule has 0 aromatic carbocycles. The van der Waals surface area contributed by atoms with Gasteiger partial charge in [-0.25, -0.2) is 0 Å². The summed E-state index contributed by atoms with van der Waals surface area (Å²) in [7, 11) is 0. The standard InChI is InChI=1S/C18H32O/c1-5-10-17(4)15(14(2)3)9-12-18(13-19)11-7-6-8-16(17)18/h8,14-15,19H,5-7,9-13H2,1-4H3/t15-,17-,18+/m0/s1. The molecule has 3 atom stereocenters. The van der Waals surface area contributed by atoms with E-state index in [2.05, 4.69) is 33.8 Å². The molecule has 1 heteroatoms. The van der Waals surface area contributed by atoms with E-state index in [-0.39, 0.29) is 5.41 Å². The second kappa shape index (κ2) is 5.60. The van der Waals surface area contributed by atoms with Crippen LogP contribution in [0, 0.1) is 22.7 Å². The van der Waals surface area contributed by atoms with Crippen LogP contribution in [0.2, 0.25) is 0 Å². The van der Waals surface area contributed by atoms with E-state index in [4.69, 9.17) is 0 Å². The molecule has 0 spiro atoms. The van der Waals surface area contributed by atoms with Crippen molar-refractivity contribution in [3.8, 4) is 0 Å². The summed E-state index contributed by atoms with van der Waals surface area (Å²) < 4.78 is 0. The summed E-state index contributed by atoms with van der Waals surface area (Å²) in [6.07, 6.45) is 11.2. The third-order valence-electron chi connectivity index (χ3n) is 6.02. The van der Waals surface area contributed by atoms with Crippen molar-refractivity contribution < 1.29 is 5.11 Å². The van der Waals surface area contributed by atoms with Crippen molar-refractivity contribution in [2.75, 3.05) is 6.61 Å². The Morgan fingerprint density at radius 2 is 2.11 bits per heavy atom. The molecule has 1 fully saturated rings. The molecule has 1 nitrogen and oxygen atoms in total. The van der Waals surface area contributed by atoms with Gasteiger partial charge < -0.3 is 5.11 Å². The second-order valence-corrected chi connectivity index (χ2v) is 7.51. The lowest BCUT2D eigenvalue weighted by Gasteiger charge is -2.56. The van der Waals surface area contributed by atoms with Gasteiger partial charge in [-0.05, 0) is 55.8 Å². The molecule has 0 amide bonds. The maximum absolute atomic E-state index is 10.1. The van der Waals surface area contributed by atoms with Gasteiger partial charge in [0.05, 0.1) is 6.61 Å². The van der Waals surface area contributed by atoms with Crippen molar-refractivity contribution in [3.63, 3.8) is 0 Å². The highest BCUT2D eigenvalue weighted by atomic mass is 16.3. The molecule has 0 aliphatic heterocycles. The Kier molecular flexibility index (Phi) is 4.45. The molecule has 0 bridgehead atoms. The van der Waals surface area contributed by atoms with Crippen LogP contribution in [-0.2, 0) is 0 Å². The van der Waals surface area contributed by atoms with Crippen molar-refractivity contribution in [2.24, 2.45) is 22.7 Å². The van der Waals surface area contributed by atoms with E-state index in [9.17, 15) is 5.11 Å². The lowest BCUT2D eigenvalue weighted by atomic mass is 9.49. The van der Waals surface area contributed by atoms with Gasteiger partial charge in [-0.1, -0.05) is 45.8 Å². The van der Waals surface area contributed by atoms with E-state index < -0.39 is 0 Å². The van der Waals surface area contributed by atoms with Crippen molar-refractivity contribution >= 4 is 0 Å². The number of aliphatic hydroxyl groups is 1. The van der Waals surface area contributed by atoms with E-state index in [1.165, 1.54) is 44.9 Å². The number of rotatable bonds is 4. The molecule has 1 saturated carbocycles. The topological polar surface area (TPSA) is 20.2 Å². The normalized spacial score (nSPS) is 39.1. The Labute approximate surface area is 119 Å². The molecule has 0 radical (unpaired) electrons. The molecule has 2 aliphatic rings. The molecule has 0 aromatic rings. The molecule has 2 aliphatic carbocycles. The van der Waals surface area contributed by atoms with Gasteiger partial charge >= 0.3 is 0 Å². The molecule has 0 aromatic heterocycles. The minimum atomic E-state index is 0.133. The second-order valence-electron chi connectivity index (χ2n) is 7.51. The summed E-state index contributed by atoms with van der Waals surface area (Å²) in [4.78, 5) is 0. The number of aliphatic hydroxyl groups excluding tert-OH is 1. The maximum Gasteiger partial charge on any atom is 0.0524 e. The Morgan fingerprint density at radius 1 is 1.37 bits per heavy atom. The van der Waals surface area contributed by atoms with Gasteiger partial charge in [-0.15, -0.1) is 0 Å². The minimum Gasteiger partial charge on any atom is -0.395 e. The average molecular weight is 264 g/mol. The molecular weight excluding hydrogens is 232 g/mol. The van der Waals surface area contributed by atoms with E-state index >= 15 is 0 Å². The number of hydrogen-bond donors (Lipinski definition) is 1. The summed E-state index contributed by atoms with van der Waals surface area (Å²) in [6.45, 7) is 9.92. The molecule has 1 N–H and O–H groups in total. The molecule has 0 unspecified atom stereocenters. The van der Waals surface area contributed by atoms with Crippen LogP contribution in [0.3, 0.4) is 0 Å². The van der Waals surface area contributed by atoms with Crippen molar-refractivity contribution in [1.29, 1.82) is 0 Å². The first-order valence-electron chi connectivity index (χ1n) is 8.32. The van der Waals surface area contributed by atoms with Crippen LogP contribution >= 0.6 is 0 Å². The van der Waals surface area contributed by atoms with Crippen LogP contribution in [0.1, 0.15) is 72.6 Å². The van der Waals surface area contributed by atoms with Gasteiger partial charge in [0, 0.05) is 5.41 Å². The quantitative estimate of drug-likeness (QED) is 0.712. The van der Waals surface area contributed by atoms with E-state index in [1.54, 1.807) is 5.57 Å². The first-order chi connectivity index (χ1) is 9.00. The summed E-state index contributed by atoms with van der Waals surface area (Å²) in [6, 6.07) is 0. The highest BCUT2D eigenvalue weighted by Crippen LogP contribution is 2.60. The van der Waals surface area contributed by atoms with Crippen molar-refractivity contribution in [3.05, 3.63) is 11.6 Å². The highest BCUT2D eigenvalue weighted by Gasteiger charge is 2.51. The lowest BCUT2D eigenvalue weighted by molar-refractivity contribution is 0.0137. The van der Waals surface area contributed by atoms with Gasteiger partial charge in [-0.3, -0.25) is 0 Å². The Bertz CT molecular complexity index is 344. The summed E-state index contributed by atoms with van der Waals surface area (Å²) in [5.74, 6) is 1.53. The maximum atomic E-state index is 10.1. The Balaban J connectivity index is 2.43. The molecule has 0 saturated heterocycles. The van der Waals surface area contributed by atoms with Crippen molar-refractivity contribution in [2.45, 2.75) is 72.6 Å². The molecular formula is C18H32O. The van der Waals surface area contributed by atoms with Crippen LogP contribution in [-0.4, -0.2) is 11.7 Å². The van der Waals surface area contributed by atoms with Crippen LogP contribution in [0.25, 0.3) is 0 Å². The smallest absolute Gasteiger partial charge is 0.0524 e. The third-order valence-corrected chi connectivity index (χ3v) is 6.02. The molecule has 0 heterocycles. The number of fused-ring (bicyclic) bond motifs is 1. The summed E-state index contributed by atoms with van der Waals surface area (Å²) in [5.41, 5.74) is 2.08. The van der Waals surface area contributed by atoms with Gasteiger partial charge in [-0.2, -0.15) is 0 Å². The fourth-order valence-electron chi connectivity index (χ4n) is 5.24. The van der Waals surface area contributed by atoms with E-state index in [1.807, 2.05) is 0 Å². The zero-order valence-electron chi connectivity index (χ0n) is 13.3. The summed E-state index contributed by atoms with van der Waals surface area (Å²) >= 11 is 0. The molecule has 19 heavy (non-hydrogen) atoms. The average Bonchev–Trinajstić information content (AvgIpc) is 2.39. The molecule has 2 rings (SSSR count). The fraction of sp³-hybridized carbons (Fsp3) is 0.889. The predicted molar refractivity (Wildman–Crippen MR) is 82.0 cm³/mol. The van der Waals surface area contributed by atoms with Crippen molar-refractivity contribution in [1.82, 2.24) is 0 Å². The number of hydrogen-bond acceptors (Lipinski definition) is 1. The zero-order chi connectivity index (χ0) is 14.1. The lowest BCUT2D eigenvalue weighted by Crippen LogP contribution is -2.48. The Morgan fingerprint density at radius 3 is 2.68 bits per heavy atom. The van der Waals surface area contributed by atoms with Crippen LogP contribution in [0.15, 0.2) is 11.6 Å². The Hall–Kier alpha value is -0.300. The monoisotopic (exact) mass is 264 g/mol. The highest BCUT2D eigenvalue weighted by molar-refractivity contribution is 5.29. The van der Waals surface area contributed by atoms with E-state index in [0.29, 0.717) is 12.0 Å². The largest absolute Gasteiger partial charge is 0.395 e. The first-order valence-corrected chi connectivity index (χ1v) is 8.32. The van der Waals surface area contributed by atoms with Crippen LogP contribution in [0.5, 0.6) is 0 Å². The third kappa shape index (κ3) is 2.39. The van der Waals surface area contributed by atoms with Gasteiger partial charge in [0.25, 0.3) is 0 Å². The first kappa shape index (κ1) is 15.1. The summed E-state index contributed by atoms with van der Waals surface area (Å²) in [5, 5.41) is 10.1. The van der Waals surface area contributed by atoms with Crippen LogP contribution in [0.4, 0.5) is 0 Å². The van der Waals surface area contributed by atoms with E-state index in [0.717, 1.165) is 11.8 Å². The van der Waals surface area contributed by atoms with Gasteiger partial charge in [0.1, 0.15) is 0 Å². The number of allylic oxidation sites excluding steroid dienone is 1. The van der Waals surface area contributed by atoms with Crippen LogP contribution < -0.4 is 0 Å². The molecule has 110 valence electrons. The van der Waals surface area contributed by atoms with Gasteiger partial charge in [0.2, 0.25) is 0 Å². The SMILES string of the molecule is CCC[C@]1(C)C2=CCCC[C@]2(CO)CC[C@H]1C(C)C. The minimum absolute atomic E-state index is 0.133. The predicted octanol–water partition coefficient (Wildman–Crippen LogP) is 4.95. The fourth-order valence-corrected chi connectivity index (χ4v) is 5.24. The zero-order valence-corrected chi connectivity index (χ0v) is 13.3. The van der Waals surface area contributed by atoms with Gasteiger partial charge in [0.15, 0.2) is 0 Å².